The molecule has 0 fully saturated rings. The summed E-state index contributed by atoms with van der Waals surface area (Å²) >= 11 is 5.92. The first-order chi connectivity index (χ1) is 11.5. The molecule has 5 nitrogen and oxygen atoms in total. The lowest BCUT2D eigenvalue weighted by Crippen LogP contribution is -2.20. The average molecular weight is 341 g/mol. The van der Waals surface area contributed by atoms with Gasteiger partial charge in [-0.2, -0.15) is 5.10 Å². The zero-order valence-electron chi connectivity index (χ0n) is 13.4. The van der Waals surface area contributed by atoms with E-state index in [4.69, 9.17) is 11.6 Å². The molecule has 1 aromatic heterocycles. The second-order valence-electron chi connectivity index (χ2n) is 5.44. The molecule has 0 radical (unpaired) electrons. The van der Waals surface area contributed by atoms with Crippen molar-refractivity contribution >= 4 is 29.1 Å². The van der Waals surface area contributed by atoms with Crippen molar-refractivity contribution in [2.75, 3.05) is 10.6 Å². The number of nitrogens with zero attached hydrogens (tertiary/aromatic N) is 2. The Kier molecular flexibility index (Phi) is 4.53. The number of amides is 2. The van der Waals surface area contributed by atoms with Gasteiger partial charge >= 0.3 is 6.03 Å². The van der Waals surface area contributed by atoms with E-state index < -0.39 is 0 Å². The van der Waals surface area contributed by atoms with Crippen LogP contribution in [-0.2, 0) is 7.05 Å². The van der Waals surface area contributed by atoms with Crippen LogP contribution >= 0.6 is 11.6 Å². The van der Waals surface area contributed by atoms with E-state index in [1.807, 2.05) is 50.4 Å². The molecule has 6 heteroatoms. The van der Waals surface area contributed by atoms with Crippen molar-refractivity contribution in [1.82, 2.24) is 9.78 Å². The van der Waals surface area contributed by atoms with Crippen molar-refractivity contribution < 1.29 is 4.79 Å². The van der Waals surface area contributed by atoms with Crippen molar-refractivity contribution in [3.8, 4) is 11.3 Å². The van der Waals surface area contributed by atoms with Crippen LogP contribution in [0.4, 0.5) is 16.3 Å². The van der Waals surface area contributed by atoms with Crippen molar-refractivity contribution in [3.63, 3.8) is 0 Å². The molecule has 0 aliphatic rings. The van der Waals surface area contributed by atoms with Gasteiger partial charge < -0.3 is 5.32 Å². The third-order valence-corrected chi connectivity index (χ3v) is 3.86. The number of urea groups is 1. The zero-order chi connectivity index (χ0) is 17.1. The lowest BCUT2D eigenvalue weighted by atomic mass is 10.1. The standard InChI is InChI=1S/C18H17ClN4O/c1-12-10-14(19)8-9-15(12)20-18(24)21-17-11-16(23(2)22-17)13-6-4-3-5-7-13/h3-11H,1-2H3,(H2,20,21,22,24). The maximum Gasteiger partial charge on any atom is 0.324 e. The second kappa shape index (κ2) is 6.76. The molecule has 2 amide bonds. The molecule has 122 valence electrons. The number of rotatable bonds is 3. The fraction of sp³-hybridized carbons (Fsp3) is 0.111. The molecule has 1 heterocycles. The van der Waals surface area contributed by atoms with Gasteiger partial charge in [0.05, 0.1) is 5.69 Å². The Labute approximate surface area is 145 Å². The summed E-state index contributed by atoms with van der Waals surface area (Å²) in [7, 11) is 1.84. The summed E-state index contributed by atoms with van der Waals surface area (Å²) in [5.74, 6) is 0.487. The summed E-state index contributed by atoms with van der Waals surface area (Å²) in [6, 6.07) is 16.7. The molecule has 0 atom stereocenters. The lowest BCUT2D eigenvalue weighted by Gasteiger charge is -2.08. The number of anilines is 2. The summed E-state index contributed by atoms with van der Waals surface area (Å²) in [5.41, 5.74) is 3.56. The minimum Gasteiger partial charge on any atom is -0.307 e. The Morgan fingerprint density at radius 3 is 2.54 bits per heavy atom. The highest BCUT2D eigenvalue weighted by molar-refractivity contribution is 6.30. The summed E-state index contributed by atoms with van der Waals surface area (Å²) in [6.07, 6.45) is 0. The molecule has 0 unspecified atom stereocenters. The molecule has 0 spiro atoms. The van der Waals surface area contributed by atoms with E-state index in [2.05, 4.69) is 15.7 Å². The van der Waals surface area contributed by atoms with Crippen LogP contribution in [0.25, 0.3) is 11.3 Å². The van der Waals surface area contributed by atoms with E-state index in [1.54, 1.807) is 22.9 Å². The predicted molar refractivity (Wildman–Crippen MR) is 97.5 cm³/mol. The maximum atomic E-state index is 12.2. The highest BCUT2D eigenvalue weighted by atomic mass is 35.5. The molecule has 24 heavy (non-hydrogen) atoms. The largest absolute Gasteiger partial charge is 0.324 e. The van der Waals surface area contributed by atoms with Gasteiger partial charge in [-0.1, -0.05) is 41.9 Å². The van der Waals surface area contributed by atoms with Crippen LogP contribution in [-0.4, -0.2) is 15.8 Å². The van der Waals surface area contributed by atoms with E-state index >= 15 is 0 Å². The molecule has 0 saturated carbocycles. The molecular formula is C18H17ClN4O. The second-order valence-corrected chi connectivity index (χ2v) is 5.88. The highest BCUT2D eigenvalue weighted by Crippen LogP contribution is 2.22. The van der Waals surface area contributed by atoms with Gasteiger partial charge in [0.15, 0.2) is 5.82 Å². The van der Waals surface area contributed by atoms with Crippen LogP contribution in [0.15, 0.2) is 54.6 Å². The topological polar surface area (TPSA) is 59.0 Å². The van der Waals surface area contributed by atoms with E-state index in [1.165, 1.54) is 0 Å². The Hall–Kier alpha value is -2.79. The molecule has 3 rings (SSSR count). The van der Waals surface area contributed by atoms with Crippen LogP contribution in [0.1, 0.15) is 5.56 Å². The predicted octanol–water partition coefficient (Wildman–Crippen LogP) is 4.69. The zero-order valence-corrected chi connectivity index (χ0v) is 14.1. The van der Waals surface area contributed by atoms with Crippen LogP contribution in [0.3, 0.4) is 0 Å². The molecule has 0 aliphatic carbocycles. The minimum absolute atomic E-state index is 0.349. The van der Waals surface area contributed by atoms with Crippen molar-refractivity contribution in [3.05, 3.63) is 65.2 Å². The summed E-state index contributed by atoms with van der Waals surface area (Å²) in [5, 5.41) is 10.5. The number of carbonyl (C=O) groups is 1. The first-order valence-electron chi connectivity index (χ1n) is 7.46. The fourth-order valence-corrected chi connectivity index (χ4v) is 2.67. The number of carbonyl (C=O) groups excluding carboxylic acids is 1. The van der Waals surface area contributed by atoms with Gasteiger partial charge in [-0.3, -0.25) is 10.00 Å². The number of hydrogen-bond acceptors (Lipinski definition) is 2. The number of hydrogen-bond donors (Lipinski definition) is 2. The van der Waals surface area contributed by atoms with Crippen molar-refractivity contribution in [2.45, 2.75) is 6.92 Å². The Morgan fingerprint density at radius 1 is 1.08 bits per heavy atom. The van der Waals surface area contributed by atoms with E-state index in [9.17, 15) is 4.79 Å². The van der Waals surface area contributed by atoms with Gasteiger partial charge in [0.2, 0.25) is 0 Å². The van der Waals surface area contributed by atoms with Crippen molar-refractivity contribution in [2.24, 2.45) is 7.05 Å². The minimum atomic E-state index is -0.349. The van der Waals surface area contributed by atoms with E-state index in [0.29, 0.717) is 16.5 Å². The quantitative estimate of drug-likeness (QED) is 0.726. The maximum absolute atomic E-state index is 12.2. The van der Waals surface area contributed by atoms with Gasteiger partial charge in [-0.05, 0) is 36.2 Å². The Morgan fingerprint density at radius 2 is 1.83 bits per heavy atom. The number of benzene rings is 2. The Bertz CT molecular complexity index is 874. The average Bonchev–Trinajstić information content (AvgIpc) is 2.91. The normalized spacial score (nSPS) is 10.5. The third-order valence-electron chi connectivity index (χ3n) is 3.63. The Balaban J connectivity index is 1.73. The molecule has 0 aliphatic heterocycles. The van der Waals surface area contributed by atoms with Crippen LogP contribution in [0.2, 0.25) is 5.02 Å². The van der Waals surface area contributed by atoms with Crippen LogP contribution in [0.5, 0.6) is 0 Å². The summed E-state index contributed by atoms with van der Waals surface area (Å²) < 4.78 is 1.73. The highest BCUT2D eigenvalue weighted by Gasteiger charge is 2.11. The lowest BCUT2D eigenvalue weighted by molar-refractivity contribution is 0.262. The number of aromatic nitrogens is 2. The van der Waals surface area contributed by atoms with E-state index in [0.717, 1.165) is 16.8 Å². The molecule has 3 aromatic rings. The van der Waals surface area contributed by atoms with Gasteiger partial charge in [0.1, 0.15) is 0 Å². The van der Waals surface area contributed by atoms with Crippen LogP contribution < -0.4 is 10.6 Å². The van der Waals surface area contributed by atoms with Gasteiger partial charge in [-0.15, -0.1) is 0 Å². The molecular weight excluding hydrogens is 324 g/mol. The molecule has 2 aromatic carbocycles. The van der Waals surface area contributed by atoms with Gasteiger partial charge in [0.25, 0.3) is 0 Å². The van der Waals surface area contributed by atoms with E-state index in [-0.39, 0.29) is 6.03 Å². The fourth-order valence-electron chi connectivity index (χ4n) is 2.44. The monoisotopic (exact) mass is 340 g/mol. The third kappa shape index (κ3) is 3.58. The van der Waals surface area contributed by atoms with Gasteiger partial charge in [-0.25, -0.2) is 4.79 Å². The molecule has 0 saturated heterocycles. The molecule has 0 bridgehead atoms. The van der Waals surface area contributed by atoms with Crippen LogP contribution in [0, 0.1) is 6.92 Å². The summed E-state index contributed by atoms with van der Waals surface area (Å²) in [4.78, 5) is 12.2. The number of halogens is 1. The molecule has 2 N–H and O–H groups in total. The summed E-state index contributed by atoms with van der Waals surface area (Å²) in [6.45, 7) is 1.88. The SMILES string of the molecule is Cc1cc(Cl)ccc1NC(=O)Nc1cc(-c2ccccc2)n(C)n1. The first-order valence-corrected chi connectivity index (χ1v) is 7.84. The first kappa shape index (κ1) is 16.1. The number of nitrogens with one attached hydrogen (secondary N) is 2. The van der Waals surface area contributed by atoms with Crippen molar-refractivity contribution in [1.29, 1.82) is 0 Å². The number of aryl methyl sites for hydroxylation is 2. The smallest absolute Gasteiger partial charge is 0.307 e. The van der Waals surface area contributed by atoms with Gasteiger partial charge in [0, 0.05) is 23.8 Å².